The molecule has 1 amide bonds. The van der Waals surface area contributed by atoms with Crippen molar-refractivity contribution in [3.63, 3.8) is 0 Å². The minimum atomic E-state index is -0.960. The molecule has 0 spiro atoms. The minimum absolute atomic E-state index is 0.301. The third kappa shape index (κ3) is 1.95. The average molecular weight is 216 g/mol. The molecule has 0 unspecified atom stereocenters. The van der Waals surface area contributed by atoms with Gasteiger partial charge in [-0.25, -0.2) is 4.79 Å². The molecule has 4 heteroatoms. The maximum Gasteiger partial charge on any atom is 0.412 e. The second-order valence-electron chi connectivity index (χ2n) is 3.61. The maximum atomic E-state index is 11.0. The van der Waals surface area contributed by atoms with E-state index in [4.69, 9.17) is 5.11 Å². The number of rotatable bonds is 1. The predicted octanol–water partition coefficient (Wildman–Crippen LogP) is 2.36. The van der Waals surface area contributed by atoms with E-state index in [0.29, 0.717) is 12.2 Å². The maximum absolute atomic E-state index is 11.0. The lowest BCUT2D eigenvalue weighted by Gasteiger charge is -2.22. The second-order valence-corrected chi connectivity index (χ2v) is 3.61. The van der Waals surface area contributed by atoms with E-state index in [0.717, 1.165) is 11.1 Å². The number of benzene rings is 1. The van der Waals surface area contributed by atoms with Gasteiger partial charge in [0.15, 0.2) is 0 Å². The standard InChI is InChI=1S/C12H12N2O2/c1-9-2-4-10(5-3-9)11-8-13-6-7-14(11)12(15)16/h2-6,8H,7H2,1H3,(H,15,16). The van der Waals surface area contributed by atoms with E-state index in [2.05, 4.69) is 4.99 Å². The van der Waals surface area contributed by atoms with Crippen LogP contribution in [-0.4, -0.2) is 28.9 Å². The van der Waals surface area contributed by atoms with Crippen molar-refractivity contribution in [3.05, 3.63) is 41.6 Å². The van der Waals surface area contributed by atoms with Crippen LogP contribution in [0.2, 0.25) is 0 Å². The number of hydrogen-bond donors (Lipinski definition) is 1. The Bertz CT molecular complexity index is 460. The first-order chi connectivity index (χ1) is 7.68. The van der Waals surface area contributed by atoms with Crippen molar-refractivity contribution in [1.82, 2.24) is 4.90 Å². The third-order valence-electron chi connectivity index (χ3n) is 2.44. The van der Waals surface area contributed by atoms with Crippen molar-refractivity contribution >= 4 is 18.0 Å². The second kappa shape index (κ2) is 4.18. The Morgan fingerprint density at radius 3 is 2.69 bits per heavy atom. The zero-order chi connectivity index (χ0) is 11.5. The van der Waals surface area contributed by atoms with Gasteiger partial charge in [-0.3, -0.25) is 9.89 Å². The molecule has 1 aliphatic heterocycles. The monoisotopic (exact) mass is 216 g/mol. The van der Waals surface area contributed by atoms with Crippen LogP contribution in [0.4, 0.5) is 4.79 Å². The Hall–Kier alpha value is -2.10. The molecule has 0 atom stereocenters. The highest BCUT2D eigenvalue weighted by molar-refractivity contribution is 5.86. The van der Waals surface area contributed by atoms with Gasteiger partial charge < -0.3 is 5.11 Å². The van der Waals surface area contributed by atoms with Crippen molar-refractivity contribution in [2.45, 2.75) is 6.92 Å². The topological polar surface area (TPSA) is 52.9 Å². The van der Waals surface area contributed by atoms with Gasteiger partial charge in [0.05, 0.1) is 18.4 Å². The van der Waals surface area contributed by atoms with Crippen molar-refractivity contribution in [2.75, 3.05) is 6.54 Å². The Morgan fingerprint density at radius 2 is 2.06 bits per heavy atom. The highest BCUT2D eigenvalue weighted by atomic mass is 16.4. The molecular weight excluding hydrogens is 204 g/mol. The summed E-state index contributed by atoms with van der Waals surface area (Å²) in [5.74, 6) is 0. The van der Waals surface area contributed by atoms with Crippen LogP contribution < -0.4 is 0 Å². The SMILES string of the molecule is Cc1ccc(C2=CN=CCN2C(=O)O)cc1. The van der Waals surface area contributed by atoms with Gasteiger partial charge in [0.2, 0.25) is 0 Å². The summed E-state index contributed by atoms with van der Waals surface area (Å²) in [5, 5.41) is 9.05. The summed E-state index contributed by atoms with van der Waals surface area (Å²) in [4.78, 5) is 16.3. The number of aryl methyl sites for hydroxylation is 1. The first-order valence-corrected chi connectivity index (χ1v) is 4.98. The van der Waals surface area contributed by atoms with Gasteiger partial charge in [-0.2, -0.15) is 0 Å². The van der Waals surface area contributed by atoms with Gasteiger partial charge >= 0.3 is 6.09 Å². The van der Waals surface area contributed by atoms with Crippen LogP contribution in [0.25, 0.3) is 5.70 Å². The zero-order valence-corrected chi connectivity index (χ0v) is 8.92. The van der Waals surface area contributed by atoms with Gasteiger partial charge in [0.1, 0.15) is 0 Å². The largest absolute Gasteiger partial charge is 0.465 e. The Kier molecular flexibility index (Phi) is 2.72. The molecular formula is C12H12N2O2. The average Bonchev–Trinajstić information content (AvgIpc) is 2.30. The molecule has 0 saturated carbocycles. The van der Waals surface area contributed by atoms with E-state index in [1.165, 1.54) is 4.90 Å². The summed E-state index contributed by atoms with van der Waals surface area (Å²) in [6.07, 6.45) is 2.19. The van der Waals surface area contributed by atoms with Crippen LogP contribution in [0, 0.1) is 6.92 Å². The molecule has 1 aromatic rings. The van der Waals surface area contributed by atoms with Crippen LogP contribution in [0.1, 0.15) is 11.1 Å². The summed E-state index contributed by atoms with van der Waals surface area (Å²) in [5.41, 5.74) is 2.63. The summed E-state index contributed by atoms with van der Waals surface area (Å²) in [6.45, 7) is 2.29. The molecule has 0 aromatic heterocycles. The summed E-state index contributed by atoms with van der Waals surface area (Å²) in [7, 11) is 0. The number of amides is 1. The van der Waals surface area contributed by atoms with Crippen molar-refractivity contribution < 1.29 is 9.90 Å². The molecule has 0 bridgehead atoms. The molecule has 0 radical (unpaired) electrons. The lowest BCUT2D eigenvalue weighted by molar-refractivity contribution is 0.170. The number of carboxylic acid groups (broad SMARTS) is 1. The molecule has 1 aromatic carbocycles. The van der Waals surface area contributed by atoms with E-state index in [1.807, 2.05) is 31.2 Å². The zero-order valence-electron chi connectivity index (χ0n) is 8.92. The smallest absolute Gasteiger partial charge is 0.412 e. The van der Waals surface area contributed by atoms with E-state index >= 15 is 0 Å². The van der Waals surface area contributed by atoms with Crippen molar-refractivity contribution in [1.29, 1.82) is 0 Å². The number of nitrogens with zero attached hydrogens (tertiary/aromatic N) is 2. The molecule has 16 heavy (non-hydrogen) atoms. The number of carbonyl (C=O) groups is 1. The first-order valence-electron chi connectivity index (χ1n) is 4.98. The van der Waals surface area contributed by atoms with Crippen LogP contribution >= 0.6 is 0 Å². The fraction of sp³-hybridized carbons (Fsp3) is 0.167. The highest BCUT2D eigenvalue weighted by Gasteiger charge is 2.19. The summed E-state index contributed by atoms with van der Waals surface area (Å²) >= 11 is 0. The van der Waals surface area contributed by atoms with Crippen LogP contribution in [0.5, 0.6) is 0 Å². The molecule has 1 heterocycles. The fourth-order valence-corrected chi connectivity index (χ4v) is 1.56. The van der Waals surface area contributed by atoms with Gasteiger partial charge in [0.25, 0.3) is 0 Å². The van der Waals surface area contributed by atoms with Gasteiger partial charge in [-0.15, -0.1) is 0 Å². The minimum Gasteiger partial charge on any atom is -0.465 e. The molecule has 1 N–H and O–H groups in total. The Labute approximate surface area is 93.5 Å². The number of aliphatic imine (C=N–C) groups is 1. The molecule has 82 valence electrons. The van der Waals surface area contributed by atoms with Crippen molar-refractivity contribution in [3.8, 4) is 0 Å². The molecule has 2 rings (SSSR count). The van der Waals surface area contributed by atoms with E-state index in [9.17, 15) is 4.79 Å². The van der Waals surface area contributed by atoms with E-state index in [1.54, 1.807) is 12.4 Å². The lowest BCUT2D eigenvalue weighted by Crippen LogP contribution is -2.31. The summed E-state index contributed by atoms with van der Waals surface area (Å²) < 4.78 is 0. The van der Waals surface area contributed by atoms with Crippen LogP contribution in [-0.2, 0) is 0 Å². The Morgan fingerprint density at radius 1 is 1.38 bits per heavy atom. The fourth-order valence-electron chi connectivity index (χ4n) is 1.56. The highest BCUT2D eigenvalue weighted by Crippen LogP contribution is 2.21. The molecule has 0 fully saturated rings. The third-order valence-corrected chi connectivity index (χ3v) is 2.44. The lowest BCUT2D eigenvalue weighted by atomic mass is 10.1. The molecule has 0 aliphatic carbocycles. The quantitative estimate of drug-likeness (QED) is 0.783. The summed E-state index contributed by atoms with van der Waals surface area (Å²) in [6, 6.07) is 7.71. The van der Waals surface area contributed by atoms with E-state index < -0.39 is 6.09 Å². The van der Waals surface area contributed by atoms with Gasteiger partial charge in [0, 0.05) is 6.21 Å². The first kappa shape index (κ1) is 10.4. The van der Waals surface area contributed by atoms with Gasteiger partial charge in [-0.1, -0.05) is 29.8 Å². The van der Waals surface area contributed by atoms with E-state index in [-0.39, 0.29) is 0 Å². The Balaban J connectivity index is 2.37. The van der Waals surface area contributed by atoms with Crippen molar-refractivity contribution in [2.24, 2.45) is 4.99 Å². The van der Waals surface area contributed by atoms with Crippen LogP contribution in [0.15, 0.2) is 35.5 Å². The molecule has 1 aliphatic rings. The number of hydrogen-bond acceptors (Lipinski definition) is 2. The molecule has 0 saturated heterocycles. The normalized spacial score (nSPS) is 14.8. The predicted molar refractivity (Wildman–Crippen MR) is 62.4 cm³/mol. The van der Waals surface area contributed by atoms with Crippen LogP contribution in [0.3, 0.4) is 0 Å². The van der Waals surface area contributed by atoms with Gasteiger partial charge in [-0.05, 0) is 12.5 Å². The molecule has 4 nitrogen and oxygen atoms in total.